The number of likely N-dealkylation sites (N-methyl/N-ethyl adjacent to an activating group) is 1. The number of phenols is 1. The molecule has 0 spiro atoms. The van der Waals surface area contributed by atoms with Gasteiger partial charge in [-0.2, -0.15) is 0 Å². The number of carbonyl (C=O) groups is 1. The lowest BCUT2D eigenvalue weighted by atomic mass is 10.1. The Balaban J connectivity index is 2.07. The van der Waals surface area contributed by atoms with Gasteiger partial charge in [0.15, 0.2) is 0 Å². The van der Waals surface area contributed by atoms with Crippen molar-refractivity contribution in [3.8, 4) is 5.75 Å². The van der Waals surface area contributed by atoms with Crippen LogP contribution in [-0.4, -0.2) is 40.7 Å². The summed E-state index contributed by atoms with van der Waals surface area (Å²) in [7, 11) is 1.65. The lowest BCUT2D eigenvalue weighted by Crippen LogP contribution is -2.35. The monoisotopic (exact) mass is 249 g/mol. The van der Waals surface area contributed by atoms with Crippen molar-refractivity contribution in [1.29, 1.82) is 0 Å². The molecule has 1 amide bonds. The minimum absolute atomic E-state index is 0.0234. The van der Waals surface area contributed by atoms with Crippen molar-refractivity contribution in [3.63, 3.8) is 0 Å². The summed E-state index contributed by atoms with van der Waals surface area (Å²) in [5, 5.41) is 19.7. The molecule has 1 aromatic carbocycles. The van der Waals surface area contributed by atoms with Crippen molar-refractivity contribution in [3.05, 3.63) is 29.3 Å². The molecule has 1 atom stereocenters. The van der Waals surface area contributed by atoms with Crippen LogP contribution in [0, 0.1) is 12.8 Å². The van der Waals surface area contributed by atoms with Crippen LogP contribution in [0.25, 0.3) is 0 Å². The Hall–Kier alpha value is -1.55. The number of rotatable bonds is 4. The maximum Gasteiger partial charge on any atom is 0.257 e. The van der Waals surface area contributed by atoms with Crippen LogP contribution in [0.5, 0.6) is 5.75 Å². The molecule has 0 saturated heterocycles. The second kappa shape index (κ2) is 4.98. The molecule has 1 saturated carbocycles. The fourth-order valence-corrected chi connectivity index (χ4v) is 2.03. The summed E-state index contributed by atoms with van der Waals surface area (Å²) in [6.07, 6.45) is 1.63. The normalized spacial score (nSPS) is 16.4. The van der Waals surface area contributed by atoms with Gasteiger partial charge >= 0.3 is 0 Å². The highest BCUT2D eigenvalue weighted by Gasteiger charge is 2.31. The van der Waals surface area contributed by atoms with Crippen molar-refractivity contribution < 1.29 is 15.0 Å². The van der Waals surface area contributed by atoms with Gasteiger partial charge in [0.25, 0.3) is 5.91 Å². The van der Waals surface area contributed by atoms with Crippen LogP contribution in [0.15, 0.2) is 18.2 Å². The van der Waals surface area contributed by atoms with Crippen LogP contribution in [-0.2, 0) is 0 Å². The number of nitrogens with zero attached hydrogens (tertiary/aromatic N) is 1. The van der Waals surface area contributed by atoms with E-state index in [0.29, 0.717) is 23.6 Å². The first-order valence-electron chi connectivity index (χ1n) is 6.23. The van der Waals surface area contributed by atoms with E-state index >= 15 is 0 Å². The lowest BCUT2D eigenvalue weighted by molar-refractivity contribution is 0.0642. The second-order valence-electron chi connectivity index (χ2n) is 5.06. The van der Waals surface area contributed by atoms with Gasteiger partial charge < -0.3 is 15.1 Å². The highest BCUT2D eigenvalue weighted by atomic mass is 16.3. The summed E-state index contributed by atoms with van der Waals surface area (Å²) in [6, 6.07) is 5.10. The lowest BCUT2D eigenvalue weighted by Gasteiger charge is -2.21. The predicted molar refractivity (Wildman–Crippen MR) is 68.5 cm³/mol. The Morgan fingerprint density at radius 3 is 2.78 bits per heavy atom. The minimum Gasteiger partial charge on any atom is -0.507 e. The zero-order chi connectivity index (χ0) is 13.3. The standard InChI is InChI=1S/C14H19NO3/c1-9-4-3-5-11(13(9)17)14(18)15(2)8-12(16)10-6-7-10/h3-5,10,12,16-17H,6-8H2,1-2H3. The Bertz CT molecular complexity index is 454. The topological polar surface area (TPSA) is 60.8 Å². The Labute approximate surface area is 107 Å². The Kier molecular flexibility index (Phi) is 3.57. The molecule has 0 aromatic heterocycles. The van der Waals surface area contributed by atoms with E-state index in [1.807, 2.05) is 0 Å². The van der Waals surface area contributed by atoms with Gasteiger partial charge in [-0.3, -0.25) is 4.79 Å². The zero-order valence-corrected chi connectivity index (χ0v) is 10.8. The van der Waals surface area contributed by atoms with E-state index in [0.717, 1.165) is 12.8 Å². The molecular formula is C14H19NO3. The molecule has 1 aliphatic rings. The number of hydrogen-bond acceptors (Lipinski definition) is 3. The van der Waals surface area contributed by atoms with Crippen molar-refractivity contribution in [2.24, 2.45) is 5.92 Å². The van der Waals surface area contributed by atoms with Gasteiger partial charge in [-0.15, -0.1) is 0 Å². The van der Waals surface area contributed by atoms with Crippen molar-refractivity contribution in [2.45, 2.75) is 25.9 Å². The van der Waals surface area contributed by atoms with E-state index < -0.39 is 6.10 Å². The molecule has 0 bridgehead atoms. The van der Waals surface area contributed by atoms with Crippen molar-refractivity contribution >= 4 is 5.91 Å². The SMILES string of the molecule is Cc1cccc(C(=O)N(C)CC(O)C2CC2)c1O. The molecule has 18 heavy (non-hydrogen) atoms. The van der Waals surface area contributed by atoms with Gasteiger partial charge in [-0.1, -0.05) is 12.1 Å². The van der Waals surface area contributed by atoms with Crippen LogP contribution in [0.1, 0.15) is 28.8 Å². The van der Waals surface area contributed by atoms with E-state index in [-0.39, 0.29) is 11.7 Å². The summed E-state index contributed by atoms with van der Waals surface area (Å²) < 4.78 is 0. The maximum atomic E-state index is 12.2. The zero-order valence-electron chi connectivity index (χ0n) is 10.8. The third-order valence-corrected chi connectivity index (χ3v) is 3.44. The average Bonchev–Trinajstić information content (AvgIpc) is 3.15. The van der Waals surface area contributed by atoms with Crippen molar-refractivity contribution in [1.82, 2.24) is 4.90 Å². The minimum atomic E-state index is -0.453. The van der Waals surface area contributed by atoms with E-state index in [1.54, 1.807) is 32.2 Å². The summed E-state index contributed by atoms with van der Waals surface area (Å²) >= 11 is 0. The van der Waals surface area contributed by atoms with E-state index in [9.17, 15) is 15.0 Å². The smallest absolute Gasteiger partial charge is 0.257 e. The molecule has 98 valence electrons. The first-order valence-corrected chi connectivity index (χ1v) is 6.23. The van der Waals surface area contributed by atoms with E-state index in [4.69, 9.17) is 0 Å². The summed E-state index contributed by atoms with van der Waals surface area (Å²) in [5.41, 5.74) is 0.970. The van der Waals surface area contributed by atoms with E-state index in [2.05, 4.69) is 0 Å². The molecule has 4 nitrogen and oxygen atoms in total. The number of benzene rings is 1. The number of aliphatic hydroxyl groups excluding tert-OH is 1. The van der Waals surface area contributed by atoms with Gasteiger partial charge in [0.1, 0.15) is 5.75 Å². The number of hydrogen-bond donors (Lipinski definition) is 2. The van der Waals surface area contributed by atoms with E-state index in [1.165, 1.54) is 4.90 Å². The number of phenolic OH excluding ortho intramolecular Hbond substituents is 1. The van der Waals surface area contributed by atoms with Crippen LogP contribution in [0.2, 0.25) is 0 Å². The number of aryl methyl sites for hydroxylation is 1. The highest BCUT2D eigenvalue weighted by molar-refractivity contribution is 5.97. The number of aliphatic hydroxyl groups is 1. The van der Waals surface area contributed by atoms with Crippen LogP contribution in [0.4, 0.5) is 0 Å². The molecule has 1 fully saturated rings. The third kappa shape index (κ3) is 2.64. The Morgan fingerprint density at radius 1 is 1.50 bits per heavy atom. The van der Waals surface area contributed by atoms with Gasteiger partial charge in [-0.25, -0.2) is 0 Å². The number of carbonyl (C=O) groups excluding carboxylic acids is 1. The molecule has 1 aliphatic carbocycles. The first kappa shape index (κ1) is 12.9. The maximum absolute atomic E-state index is 12.2. The largest absolute Gasteiger partial charge is 0.507 e. The van der Waals surface area contributed by atoms with Gasteiger partial charge in [0.05, 0.1) is 11.7 Å². The van der Waals surface area contributed by atoms with Crippen molar-refractivity contribution in [2.75, 3.05) is 13.6 Å². The summed E-state index contributed by atoms with van der Waals surface area (Å²) in [5.74, 6) is 0.109. The molecule has 1 unspecified atom stereocenters. The predicted octanol–water partition coefficient (Wildman–Crippen LogP) is 1.54. The molecule has 2 rings (SSSR count). The number of aromatic hydroxyl groups is 1. The fourth-order valence-electron chi connectivity index (χ4n) is 2.03. The van der Waals surface area contributed by atoms with Gasteiger partial charge in [0, 0.05) is 13.6 Å². The van der Waals surface area contributed by atoms with Crippen LogP contribution < -0.4 is 0 Å². The Morgan fingerprint density at radius 2 is 2.17 bits per heavy atom. The third-order valence-electron chi connectivity index (χ3n) is 3.44. The molecule has 0 aliphatic heterocycles. The molecule has 4 heteroatoms. The highest BCUT2D eigenvalue weighted by Crippen LogP contribution is 2.33. The summed E-state index contributed by atoms with van der Waals surface area (Å²) in [6.45, 7) is 2.07. The fraction of sp³-hybridized carbons (Fsp3) is 0.500. The van der Waals surface area contributed by atoms with Crippen LogP contribution in [0.3, 0.4) is 0 Å². The number of para-hydroxylation sites is 1. The van der Waals surface area contributed by atoms with Crippen LogP contribution >= 0.6 is 0 Å². The second-order valence-corrected chi connectivity index (χ2v) is 5.06. The van der Waals surface area contributed by atoms with Gasteiger partial charge in [-0.05, 0) is 37.3 Å². The van der Waals surface area contributed by atoms with Gasteiger partial charge in [0.2, 0.25) is 0 Å². The molecular weight excluding hydrogens is 230 g/mol. The molecule has 1 aromatic rings. The number of amides is 1. The average molecular weight is 249 g/mol. The summed E-state index contributed by atoms with van der Waals surface area (Å²) in [4.78, 5) is 13.6. The molecule has 0 radical (unpaired) electrons. The quantitative estimate of drug-likeness (QED) is 0.851. The molecule has 2 N–H and O–H groups in total. The molecule has 0 heterocycles. The first-order chi connectivity index (χ1) is 8.50.